The van der Waals surface area contributed by atoms with Gasteiger partial charge in [-0.2, -0.15) is 0 Å². The Bertz CT molecular complexity index is 525. The van der Waals surface area contributed by atoms with Gasteiger partial charge in [0.2, 0.25) is 5.91 Å². The van der Waals surface area contributed by atoms with Crippen molar-refractivity contribution in [3.8, 4) is 0 Å². The van der Waals surface area contributed by atoms with Crippen LogP contribution in [0, 0.1) is 5.92 Å². The van der Waals surface area contributed by atoms with Crippen molar-refractivity contribution in [2.75, 3.05) is 26.2 Å². The van der Waals surface area contributed by atoms with Crippen LogP contribution in [0.4, 0.5) is 4.79 Å². The summed E-state index contributed by atoms with van der Waals surface area (Å²) in [4.78, 5) is 27.6. The monoisotopic (exact) mass is 319 g/mol. The molecule has 6 nitrogen and oxygen atoms in total. The first-order valence-corrected chi connectivity index (χ1v) is 7.99. The number of rotatable bonds is 4. The van der Waals surface area contributed by atoms with E-state index in [1.54, 1.807) is 9.80 Å². The quantitative estimate of drug-likeness (QED) is 0.911. The molecular weight excluding hydrogens is 294 g/mol. The van der Waals surface area contributed by atoms with Crippen LogP contribution in [0.3, 0.4) is 0 Å². The molecule has 0 radical (unpaired) electrons. The molecule has 1 aliphatic rings. The summed E-state index contributed by atoms with van der Waals surface area (Å²) in [6.07, 6.45) is -0.339. The first-order valence-electron chi connectivity index (χ1n) is 7.99. The van der Waals surface area contributed by atoms with Gasteiger partial charge in [-0.25, -0.2) is 4.79 Å². The van der Waals surface area contributed by atoms with E-state index in [-0.39, 0.29) is 24.5 Å². The second-order valence-corrected chi connectivity index (χ2v) is 6.12. The van der Waals surface area contributed by atoms with Crippen molar-refractivity contribution in [3.63, 3.8) is 0 Å². The maximum atomic E-state index is 12.2. The Labute approximate surface area is 137 Å². The predicted molar refractivity (Wildman–Crippen MR) is 87.6 cm³/mol. The molecule has 126 valence electrons. The first kappa shape index (κ1) is 17.3. The first-order chi connectivity index (χ1) is 11.0. The van der Waals surface area contributed by atoms with E-state index in [9.17, 15) is 9.59 Å². The van der Waals surface area contributed by atoms with Crippen LogP contribution < -0.4 is 5.73 Å². The van der Waals surface area contributed by atoms with Gasteiger partial charge in [-0.05, 0) is 11.5 Å². The maximum absolute atomic E-state index is 12.2. The summed E-state index contributed by atoms with van der Waals surface area (Å²) in [5.74, 6) is 0.0636. The standard InChI is InChI=1S/C17H25N3O3/c1-13(2)15(18)16(21)19-8-10-20(11-9-19)17(22)23-12-14-6-4-3-5-7-14/h3-7,13,15H,8-12,18H2,1-2H3/t15-/m0/s1. The van der Waals surface area contributed by atoms with Gasteiger partial charge in [0.1, 0.15) is 6.61 Å². The van der Waals surface area contributed by atoms with Gasteiger partial charge >= 0.3 is 6.09 Å². The number of benzene rings is 1. The maximum Gasteiger partial charge on any atom is 0.410 e. The molecule has 0 bridgehead atoms. The van der Waals surface area contributed by atoms with Crippen LogP contribution in [0.1, 0.15) is 19.4 Å². The highest BCUT2D eigenvalue weighted by Crippen LogP contribution is 2.10. The van der Waals surface area contributed by atoms with Gasteiger partial charge in [0.05, 0.1) is 6.04 Å². The van der Waals surface area contributed by atoms with Gasteiger partial charge in [0.25, 0.3) is 0 Å². The number of nitrogens with two attached hydrogens (primary N) is 1. The molecule has 6 heteroatoms. The Morgan fingerprint density at radius 1 is 1.09 bits per heavy atom. The Balaban J connectivity index is 1.77. The molecule has 1 fully saturated rings. The summed E-state index contributed by atoms with van der Waals surface area (Å²) in [5.41, 5.74) is 6.86. The van der Waals surface area contributed by atoms with Gasteiger partial charge in [-0.15, -0.1) is 0 Å². The molecule has 0 spiro atoms. The van der Waals surface area contributed by atoms with E-state index < -0.39 is 6.04 Å². The van der Waals surface area contributed by atoms with Crippen LogP contribution in [-0.4, -0.2) is 54.0 Å². The van der Waals surface area contributed by atoms with E-state index >= 15 is 0 Å². The predicted octanol–water partition coefficient (Wildman–Crippen LogP) is 1.45. The molecule has 0 aliphatic carbocycles. The van der Waals surface area contributed by atoms with Crippen LogP contribution in [0.2, 0.25) is 0 Å². The normalized spacial score (nSPS) is 16.3. The molecule has 2 amide bonds. The van der Waals surface area contributed by atoms with Crippen LogP contribution in [0.5, 0.6) is 0 Å². The SMILES string of the molecule is CC(C)[C@H](N)C(=O)N1CCN(C(=O)OCc2ccccc2)CC1. The van der Waals surface area contributed by atoms with Crippen LogP contribution in [-0.2, 0) is 16.1 Å². The lowest BCUT2D eigenvalue weighted by Gasteiger charge is -2.35. The lowest BCUT2D eigenvalue weighted by Crippen LogP contribution is -2.55. The number of amides is 2. The smallest absolute Gasteiger partial charge is 0.410 e. The largest absolute Gasteiger partial charge is 0.445 e. The number of nitrogens with zero attached hydrogens (tertiary/aromatic N) is 2. The highest BCUT2D eigenvalue weighted by molar-refractivity contribution is 5.82. The number of piperazine rings is 1. The molecule has 1 aliphatic heterocycles. The minimum atomic E-state index is -0.480. The zero-order chi connectivity index (χ0) is 16.8. The third-order valence-electron chi connectivity index (χ3n) is 4.06. The molecule has 1 heterocycles. The van der Waals surface area contributed by atoms with E-state index in [1.165, 1.54) is 0 Å². The second kappa shape index (κ2) is 7.97. The fourth-order valence-electron chi connectivity index (χ4n) is 2.42. The molecule has 2 N–H and O–H groups in total. The fourth-order valence-corrected chi connectivity index (χ4v) is 2.42. The Morgan fingerprint density at radius 2 is 1.65 bits per heavy atom. The average Bonchev–Trinajstić information content (AvgIpc) is 2.59. The fraction of sp³-hybridized carbons (Fsp3) is 0.529. The van der Waals surface area contributed by atoms with Crippen molar-refractivity contribution >= 4 is 12.0 Å². The van der Waals surface area contributed by atoms with Gasteiger partial charge in [-0.3, -0.25) is 4.79 Å². The average molecular weight is 319 g/mol. The minimum Gasteiger partial charge on any atom is -0.445 e. The number of hydrogen-bond acceptors (Lipinski definition) is 4. The molecule has 1 aromatic rings. The summed E-state index contributed by atoms with van der Waals surface area (Å²) in [6, 6.07) is 9.08. The molecule has 0 unspecified atom stereocenters. The summed E-state index contributed by atoms with van der Waals surface area (Å²) in [6.45, 7) is 6.07. The number of carbonyl (C=O) groups is 2. The van der Waals surface area contributed by atoms with Crippen LogP contribution in [0.25, 0.3) is 0 Å². The van der Waals surface area contributed by atoms with E-state index in [1.807, 2.05) is 44.2 Å². The molecule has 2 rings (SSSR count). The van der Waals surface area contributed by atoms with Gasteiger partial charge in [0.15, 0.2) is 0 Å². The van der Waals surface area contributed by atoms with Crippen LogP contribution in [0.15, 0.2) is 30.3 Å². The van der Waals surface area contributed by atoms with Crippen molar-refractivity contribution < 1.29 is 14.3 Å². The summed E-state index contributed by atoms with van der Waals surface area (Å²) in [7, 11) is 0. The zero-order valence-corrected chi connectivity index (χ0v) is 13.8. The van der Waals surface area contributed by atoms with Crippen molar-refractivity contribution in [1.29, 1.82) is 0 Å². The van der Waals surface area contributed by atoms with Crippen LogP contribution >= 0.6 is 0 Å². The molecule has 0 aromatic heterocycles. The lowest BCUT2D eigenvalue weighted by atomic mass is 10.0. The number of carbonyl (C=O) groups excluding carboxylic acids is 2. The van der Waals surface area contributed by atoms with E-state index in [2.05, 4.69) is 0 Å². The molecule has 23 heavy (non-hydrogen) atoms. The third-order valence-corrected chi connectivity index (χ3v) is 4.06. The summed E-state index contributed by atoms with van der Waals surface area (Å²) in [5, 5.41) is 0. The highest BCUT2D eigenvalue weighted by atomic mass is 16.6. The molecule has 1 saturated heterocycles. The second-order valence-electron chi connectivity index (χ2n) is 6.12. The molecule has 1 aromatic carbocycles. The van der Waals surface area contributed by atoms with Crippen molar-refractivity contribution in [3.05, 3.63) is 35.9 Å². The number of ether oxygens (including phenoxy) is 1. The van der Waals surface area contributed by atoms with Gasteiger partial charge in [0, 0.05) is 26.2 Å². The van der Waals surface area contributed by atoms with E-state index in [0.29, 0.717) is 26.2 Å². The third kappa shape index (κ3) is 4.69. The van der Waals surface area contributed by atoms with Crippen molar-refractivity contribution in [2.24, 2.45) is 11.7 Å². The zero-order valence-electron chi connectivity index (χ0n) is 13.8. The summed E-state index contributed by atoms with van der Waals surface area (Å²) >= 11 is 0. The summed E-state index contributed by atoms with van der Waals surface area (Å²) < 4.78 is 5.31. The number of hydrogen-bond donors (Lipinski definition) is 1. The highest BCUT2D eigenvalue weighted by Gasteiger charge is 2.28. The lowest BCUT2D eigenvalue weighted by molar-refractivity contribution is -0.135. The minimum absolute atomic E-state index is 0.0442. The van der Waals surface area contributed by atoms with Crippen molar-refractivity contribution in [2.45, 2.75) is 26.5 Å². The molecular formula is C17H25N3O3. The Kier molecular flexibility index (Phi) is 5.98. The van der Waals surface area contributed by atoms with Crippen molar-refractivity contribution in [1.82, 2.24) is 9.80 Å². The van der Waals surface area contributed by atoms with E-state index in [4.69, 9.17) is 10.5 Å². The Morgan fingerprint density at radius 3 is 2.22 bits per heavy atom. The van der Waals surface area contributed by atoms with Gasteiger partial charge in [-0.1, -0.05) is 44.2 Å². The molecule has 0 saturated carbocycles. The Hall–Kier alpha value is -2.08. The molecule has 1 atom stereocenters. The van der Waals surface area contributed by atoms with E-state index in [0.717, 1.165) is 5.56 Å². The topological polar surface area (TPSA) is 75.9 Å². The van der Waals surface area contributed by atoms with Gasteiger partial charge < -0.3 is 20.3 Å².